The monoisotopic (exact) mass is 573 g/mol. The number of nitrogens with one attached hydrogen (secondary N) is 1. The lowest BCUT2D eigenvalue weighted by Crippen LogP contribution is -2.42. The Bertz CT molecular complexity index is 1910. The van der Waals surface area contributed by atoms with Crippen LogP contribution >= 0.6 is 0 Å². The summed E-state index contributed by atoms with van der Waals surface area (Å²) in [7, 11) is 4.68. The molecule has 1 radical (unpaired) electrons. The Morgan fingerprint density at radius 3 is 2.70 bits per heavy atom. The van der Waals surface area contributed by atoms with E-state index in [2.05, 4.69) is 106 Å². The Hall–Kier alpha value is -3.98. The van der Waals surface area contributed by atoms with Gasteiger partial charge in [-0.05, 0) is 103 Å². The fourth-order valence-corrected chi connectivity index (χ4v) is 8.53. The van der Waals surface area contributed by atoms with Crippen LogP contribution in [0.25, 0.3) is 16.7 Å². The van der Waals surface area contributed by atoms with Gasteiger partial charge in [-0.3, -0.25) is 0 Å². The number of nitrogens with zero attached hydrogens (tertiary/aromatic N) is 1. The van der Waals surface area contributed by atoms with E-state index in [-0.39, 0.29) is 0 Å². The summed E-state index contributed by atoms with van der Waals surface area (Å²) in [6.45, 7) is 11.5. The van der Waals surface area contributed by atoms with Crippen LogP contribution in [-0.4, -0.2) is 19.3 Å². The van der Waals surface area contributed by atoms with Gasteiger partial charge in [0.25, 0.3) is 0 Å². The quantitative estimate of drug-likeness (QED) is 0.236. The summed E-state index contributed by atoms with van der Waals surface area (Å²) in [5.74, 6) is 0.488. The SMILES string of the molecule is C=C(c1ccccc1[C@@H](C)CC)c1cccc2c1N(C)c1cc(C)cc(C3=CCCc4c3[nH]c3c4C4=C(CCCC4)C3)c1[B]2. The molecule has 2 nitrogen and oxygen atoms in total. The highest BCUT2D eigenvalue weighted by Gasteiger charge is 2.34. The van der Waals surface area contributed by atoms with Crippen molar-refractivity contribution in [2.75, 3.05) is 11.9 Å². The molecule has 1 N–H and O–H groups in total. The van der Waals surface area contributed by atoms with Crippen LogP contribution in [0.2, 0.25) is 0 Å². The van der Waals surface area contributed by atoms with E-state index in [1.165, 1.54) is 92.8 Å². The van der Waals surface area contributed by atoms with Crippen molar-refractivity contribution >= 4 is 46.3 Å². The molecule has 219 valence electrons. The third kappa shape index (κ3) is 4.15. The van der Waals surface area contributed by atoms with E-state index in [0.29, 0.717) is 5.92 Å². The largest absolute Gasteiger partial charge is 0.357 e. The Kier molecular flexibility index (Phi) is 6.63. The van der Waals surface area contributed by atoms with E-state index in [1.807, 2.05) is 0 Å². The standard InChI is InChI=1S/C41H42BN2/c1-6-25(3)28-14-9-10-15-29(28)26(4)30-17-12-20-35-41(30)44(5)37-22-24(2)21-34(39(37)42-35)32-18-11-19-33-38-31-16-8-7-13-27(31)23-36(38)43-40(32)33/h9-10,12,14-15,17-18,20-22,25,43H,4,6-8,11,13,16,19,23H2,1-3,5H3/t25-/m0/s1. The van der Waals surface area contributed by atoms with Gasteiger partial charge in [0.15, 0.2) is 7.28 Å². The number of anilines is 2. The topological polar surface area (TPSA) is 19.0 Å². The Balaban J connectivity index is 1.22. The number of benzene rings is 3. The lowest BCUT2D eigenvalue weighted by atomic mass is 9.57. The van der Waals surface area contributed by atoms with Gasteiger partial charge < -0.3 is 9.88 Å². The molecule has 3 heteroatoms. The molecular formula is C41H42BN2. The maximum atomic E-state index is 4.70. The predicted molar refractivity (Wildman–Crippen MR) is 189 cm³/mol. The van der Waals surface area contributed by atoms with Crippen LogP contribution in [0.5, 0.6) is 0 Å². The Morgan fingerprint density at radius 2 is 1.84 bits per heavy atom. The van der Waals surface area contributed by atoms with Gasteiger partial charge in [-0.1, -0.05) is 91.5 Å². The number of para-hydroxylation sites is 1. The number of aromatic nitrogens is 1. The number of fused-ring (bicyclic) bond motifs is 6. The van der Waals surface area contributed by atoms with Gasteiger partial charge in [-0.15, -0.1) is 0 Å². The van der Waals surface area contributed by atoms with E-state index in [9.17, 15) is 0 Å². The molecular weight excluding hydrogens is 531 g/mol. The van der Waals surface area contributed by atoms with E-state index in [4.69, 9.17) is 6.58 Å². The van der Waals surface area contributed by atoms with Crippen molar-refractivity contribution in [3.05, 3.63) is 123 Å². The van der Waals surface area contributed by atoms with Gasteiger partial charge in [-0.25, -0.2) is 0 Å². The van der Waals surface area contributed by atoms with Crippen molar-refractivity contribution < 1.29 is 0 Å². The first-order valence-electron chi connectivity index (χ1n) is 16.7. The van der Waals surface area contributed by atoms with Crippen LogP contribution in [0, 0.1) is 6.92 Å². The first-order valence-corrected chi connectivity index (χ1v) is 16.7. The highest BCUT2D eigenvalue weighted by Crippen LogP contribution is 2.47. The smallest absolute Gasteiger partial charge is 0.197 e. The maximum Gasteiger partial charge on any atom is 0.197 e. The molecule has 44 heavy (non-hydrogen) atoms. The third-order valence-electron chi connectivity index (χ3n) is 10.9. The number of hydrogen-bond acceptors (Lipinski definition) is 1. The number of allylic oxidation sites excluding steroid dienone is 3. The average Bonchev–Trinajstić information content (AvgIpc) is 3.60. The third-order valence-corrected chi connectivity index (χ3v) is 10.9. The fraction of sp³-hybridized carbons (Fsp3) is 0.317. The second kappa shape index (κ2) is 10.6. The van der Waals surface area contributed by atoms with E-state index >= 15 is 0 Å². The molecule has 0 spiro atoms. The van der Waals surface area contributed by atoms with Crippen LogP contribution in [-0.2, 0) is 12.8 Å². The van der Waals surface area contributed by atoms with Gasteiger partial charge in [-0.2, -0.15) is 0 Å². The molecule has 0 fully saturated rings. The molecule has 3 aliphatic carbocycles. The molecule has 3 aromatic carbocycles. The van der Waals surface area contributed by atoms with Crippen LogP contribution < -0.4 is 15.8 Å². The predicted octanol–water partition coefficient (Wildman–Crippen LogP) is 8.90. The Morgan fingerprint density at radius 1 is 1.02 bits per heavy atom. The number of hydrogen-bond donors (Lipinski definition) is 1. The highest BCUT2D eigenvalue weighted by atomic mass is 15.1. The minimum absolute atomic E-state index is 0.488. The first-order chi connectivity index (χ1) is 21.4. The molecule has 4 aliphatic rings. The molecule has 0 bridgehead atoms. The second-order valence-electron chi connectivity index (χ2n) is 13.5. The summed E-state index contributed by atoms with van der Waals surface area (Å²) < 4.78 is 0. The van der Waals surface area contributed by atoms with Crippen molar-refractivity contribution in [1.82, 2.24) is 4.98 Å². The summed E-state index contributed by atoms with van der Waals surface area (Å²) in [5.41, 5.74) is 23.5. The molecule has 0 saturated heterocycles. The van der Waals surface area contributed by atoms with Crippen LogP contribution in [0.1, 0.15) is 109 Å². The molecule has 1 aliphatic heterocycles. The van der Waals surface area contributed by atoms with Crippen molar-refractivity contribution in [2.45, 2.75) is 78.1 Å². The normalized spacial score (nSPS) is 17.2. The van der Waals surface area contributed by atoms with Gasteiger partial charge in [0, 0.05) is 52.9 Å². The lowest BCUT2D eigenvalue weighted by molar-refractivity contribution is 0.709. The van der Waals surface area contributed by atoms with Crippen molar-refractivity contribution in [3.63, 3.8) is 0 Å². The summed E-state index contributed by atoms with van der Waals surface area (Å²) in [6.07, 6.45) is 12.2. The number of H-pyrrole nitrogens is 1. The average molecular weight is 574 g/mol. The zero-order valence-electron chi connectivity index (χ0n) is 26.7. The minimum atomic E-state index is 0.488. The van der Waals surface area contributed by atoms with Crippen LogP contribution in [0.4, 0.5) is 11.4 Å². The van der Waals surface area contributed by atoms with Gasteiger partial charge in [0.2, 0.25) is 0 Å². The molecule has 1 atom stereocenters. The molecule has 0 unspecified atom stereocenters. The first kappa shape index (κ1) is 27.6. The number of rotatable bonds is 5. The lowest BCUT2D eigenvalue weighted by Gasteiger charge is -2.35. The zero-order chi connectivity index (χ0) is 30.1. The van der Waals surface area contributed by atoms with E-state index < -0.39 is 0 Å². The van der Waals surface area contributed by atoms with Gasteiger partial charge in [0.1, 0.15) is 0 Å². The highest BCUT2D eigenvalue weighted by molar-refractivity contribution is 6.72. The van der Waals surface area contributed by atoms with Crippen molar-refractivity contribution in [3.8, 4) is 0 Å². The second-order valence-corrected chi connectivity index (χ2v) is 13.5. The molecule has 1 aromatic heterocycles. The maximum absolute atomic E-state index is 4.70. The zero-order valence-corrected chi connectivity index (χ0v) is 26.7. The summed E-state index contributed by atoms with van der Waals surface area (Å²) in [4.78, 5) is 6.41. The summed E-state index contributed by atoms with van der Waals surface area (Å²) in [6, 6.07) is 20.4. The molecule has 0 saturated carbocycles. The number of aryl methyl sites for hydroxylation is 1. The minimum Gasteiger partial charge on any atom is -0.357 e. The van der Waals surface area contributed by atoms with Crippen molar-refractivity contribution in [1.29, 1.82) is 0 Å². The van der Waals surface area contributed by atoms with E-state index in [0.717, 1.165) is 31.3 Å². The fourth-order valence-electron chi connectivity index (χ4n) is 8.53. The molecule has 4 aromatic rings. The van der Waals surface area contributed by atoms with Crippen LogP contribution in [0.15, 0.2) is 72.8 Å². The van der Waals surface area contributed by atoms with Crippen LogP contribution in [0.3, 0.4) is 0 Å². The molecule has 8 rings (SSSR count). The summed E-state index contributed by atoms with van der Waals surface area (Å²) >= 11 is 0. The number of aromatic amines is 1. The molecule has 0 amide bonds. The van der Waals surface area contributed by atoms with Crippen molar-refractivity contribution in [2.24, 2.45) is 0 Å². The van der Waals surface area contributed by atoms with Gasteiger partial charge in [0.05, 0.1) is 0 Å². The Labute approximate surface area is 263 Å². The summed E-state index contributed by atoms with van der Waals surface area (Å²) in [5, 5.41) is 0. The van der Waals surface area contributed by atoms with Gasteiger partial charge >= 0.3 is 0 Å². The molecule has 2 heterocycles. The van der Waals surface area contributed by atoms with E-state index in [1.54, 1.807) is 22.3 Å².